The van der Waals surface area contributed by atoms with Gasteiger partial charge in [-0.05, 0) is 32.2 Å². The molecule has 1 atom stereocenters. The minimum absolute atomic E-state index is 0.0893. The molecule has 1 unspecified atom stereocenters. The van der Waals surface area contributed by atoms with Gasteiger partial charge in [-0.25, -0.2) is 0 Å². The first-order valence-corrected chi connectivity index (χ1v) is 6.90. The van der Waals surface area contributed by atoms with E-state index in [0.29, 0.717) is 18.4 Å². The zero-order valence-electron chi connectivity index (χ0n) is 9.62. The summed E-state index contributed by atoms with van der Waals surface area (Å²) < 4.78 is 4.88. The maximum atomic E-state index is 11.1. The van der Waals surface area contributed by atoms with Gasteiger partial charge in [-0.1, -0.05) is 6.92 Å². The van der Waals surface area contributed by atoms with E-state index >= 15 is 0 Å². The van der Waals surface area contributed by atoms with Crippen LogP contribution < -0.4 is 5.32 Å². The topological polar surface area (TPSA) is 38.3 Å². The molecule has 0 heterocycles. The summed E-state index contributed by atoms with van der Waals surface area (Å²) in [4.78, 5) is 11.1. The van der Waals surface area contributed by atoms with Crippen molar-refractivity contribution in [2.75, 3.05) is 24.7 Å². The lowest BCUT2D eigenvalue weighted by Gasteiger charge is -2.16. The van der Waals surface area contributed by atoms with Gasteiger partial charge in [-0.15, -0.1) is 11.8 Å². The summed E-state index contributed by atoms with van der Waals surface area (Å²) in [6.07, 6.45) is 2.69. The third-order valence-corrected chi connectivity index (χ3v) is 3.51. The maximum absolute atomic E-state index is 11.1. The monoisotopic (exact) mass is 231 g/mol. The van der Waals surface area contributed by atoms with Crippen LogP contribution >= 0.6 is 11.8 Å². The number of nitrogens with one attached hydrogen (secondary N) is 1. The average molecular weight is 231 g/mol. The summed E-state index contributed by atoms with van der Waals surface area (Å²) >= 11 is 1.68. The fourth-order valence-electron chi connectivity index (χ4n) is 1.59. The van der Waals surface area contributed by atoms with Gasteiger partial charge in [0.25, 0.3) is 0 Å². The highest BCUT2D eigenvalue weighted by atomic mass is 32.2. The Bertz CT molecular complexity index is 195. The van der Waals surface area contributed by atoms with E-state index in [-0.39, 0.29) is 5.97 Å². The van der Waals surface area contributed by atoms with Crippen molar-refractivity contribution in [1.29, 1.82) is 0 Å². The molecule has 0 saturated heterocycles. The molecule has 1 N–H and O–H groups in total. The number of carbonyl (C=O) groups excluding carboxylic acids is 1. The van der Waals surface area contributed by atoms with Crippen LogP contribution in [0, 0.1) is 5.92 Å². The minimum atomic E-state index is -0.0893. The Labute approximate surface area is 96.3 Å². The Morgan fingerprint density at radius 1 is 1.53 bits per heavy atom. The SMILES string of the molecule is CCNC(CSCC(=O)OCC)C1CC1. The molecule has 0 aromatic rings. The average Bonchev–Trinajstić information content (AvgIpc) is 3.00. The van der Waals surface area contributed by atoms with Crippen LogP contribution in [-0.4, -0.2) is 36.7 Å². The van der Waals surface area contributed by atoms with Gasteiger partial charge in [0.15, 0.2) is 0 Å². The van der Waals surface area contributed by atoms with Crippen molar-refractivity contribution in [2.24, 2.45) is 5.92 Å². The van der Waals surface area contributed by atoms with Crippen LogP contribution in [0.2, 0.25) is 0 Å². The standard InChI is InChI=1S/C11H21NO2S/c1-3-12-10(9-5-6-9)7-15-8-11(13)14-4-2/h9-10,12H,3-8H2,1-2H3. The lowest BCUT2D eigenvalue weighted by atomic mass is 10.2. The predicted octanol–water partition coefficient (Wildman–Crippen LogP) is 1.67. The normalized spacial score (nSPS) is 17.5. The zero-order chi connectivity index (χ0) is 11.1. The first-order valence-electron chi connectivity index (χ1n) is 5.74. The van der Waals surface area contributed by atoms with Crippen LogP contribution in [0.4, 0.5) is 0 Å². The largest absolute Gasteiger partial charge is 0.465 e. The van der Waals surface area contributed by atoms with Crippen LogP contribution in [0.15, 0.2) is 0 Å². The molecule has 0 aromatic carbocycles. The maximum Gasteiger partial charge on any atom is 0.315 e. The molecule has 0 radical (unpaired) electrons. The number of carbonyl (C=O) groups is 1. The van der Waals surface area contributed by atoms with Crippen LogP contribution in [0.1, 0.15) is 26.7 Å². The van der Waals surface area contributed by atoms with E-state index in [4.69, 9.17) is 4.74 Å². The summed E-state index contributed by atoms with van der Waals surface area (Å²) in [6.45, 7) is 5.47. The van der Waals surface area contributed by atoms with E-state index in [1.54, 1.807) is 11.8 Å². The number of thioether (sulfide) groups is 1. The fourth-order valence-corrected chi connectivity index (χ4v) is 2.61. The van der Waals surface area contributed by atoms with Crippen molar-refractivity contribution in [2.45, 2.75) is 32.7 Å². The Kier molecular flexibility index (Phi) is 6.10. The second-order valence-corrected chi connectivity index (χ2v) is 4.85. The number of esters is 1. The summed E-state index contributed by atoms with van der Waals surface area (Å²) in [7, 11) is 0. The molecule has 1 rings (SSSR count). The van der Waals surface area contributed by atoms with E-state index in [1.807, 2.05) is 6.92 Å². The Balaban J connectivity index is 2.08. The first kappa shape index (κ1) is 12.8. The third-order valence-electron chi connectivity index (χ3n) is 2.48. The molecule has 0 bridgehead atoms. The van der Waals surface area contributed by atoms with Gasteiger partial charge < -0.3 is 10.1 Å². The predicted molar refractivity (Wildman–Crippen MR) is 64.1 cm³/mol. The van der Waals surface area contributed by atoms with Crippen molar-refractivity contribution in [1.82, 2.24) is 5.32 Å². The Morgan fingerprint density at radius 2 is 2.27 bits per heavy atom. The molecule has 88 valence electrons. The summed E-state index contributed by atoms with van der Waals surface area (Å²) in [5.41, 5.74) is 0. The number of ether oxygens (including phenoxy) is 1. The van der Waals surface area contributed by atoms with E-state index in [1.165, 1.54) is 12.8 Å². The second kappa shape index (κ2) is 7.12. The van der Waals surface area contributed by atoms with Crippen molar-refractivity contribution >= 4 is 17.7 Å². The van der Waals surface area contributed by atoms with Crippen LogP contribution in [0.5, 0.6) is 0 Å². The smallest absolute Gasteiger partial charge is 0.315 e. The fraction of sp³-hybridized carbons (Fsp3) is 0.909. The highest BCUT2D eigenvalue weighted by Gasteiger charge is 2.30. The molecule has 1 aliphatic rings. The van der Waals surface area contributed by atoms with Gasteiger partial charge in [0, 0.05) is 11.8 Å². The van der Waals surface area contributed by atoms with Gasteiger partial charge >= 0.3 is 5.97 Å². The summed E-state index contributed by atoms with van der Waals surface area (Å²) in [5, 5.41) is 3.48. The number of hydrogen-bond acceptors (Lipinski definition) is 4. The molecule has 1 fully saturated rings. The minimum Gasteiger partial charge on any atom is -0.465 e. The molecule has 0 aliphatic heterocycles. The van der Waals surface area contributed by atoms with E-state index in [9.17, 15) is 4.79 Å². The third kappa shape index (κ3) is 5.42. The number of rotatable bonds is 8. The second-order valence-electron chi connectivity index (χ2n) is 3.82. The Hall–Kier alpha value is -0.220. The molecule has 3 nitrogen and oxygen atoms in total. The molecule has 0 aromatic heterocycles. The van der Waals surface area contributed by atoms with E-state index < -0.39 is 0 Å². The first-order chi connectivity index (χ1) is 7.27. The highest BCUT2D eigenvalue weighted by molar-refractivity contribution is 7.99. The molecule has 15 heavy (non-hydrogen) atoms. The molecule has 4 heteroatoms. The Morgan fingerprint density at radius 3 is 2.80 bits per heavy atom. The van der Waals surface area contributed by atoms with Crippen molar-refractivity contribution in [3.63, 3.8) is 0 Å². The van der Waals surface area contributed by atoms with Crippen LogP contribution in [0.3, 0.4) is 0 Å². The van der Waals surface area contributed by atoms with Crippen molar-refractivity contribution in [3.8, 4) is 0 Å². The molecular weight excluding hydrogens is 210 g/mol. The van der Waals surface area contributed by atoms with Crippen LogP contribution in [0.25, 0.3) is 0 Å². The lowest BCUT2D eigenvalue weighted by molar-refractivity contribution is -0.139. The van der Waals surface area contributed by atoms with E-state index in [2.05, 4.69) is 12.2 Å². The van der Waals surface area contributed by atoms with E-state index in [0.717, 1.165) is 18.2 Å². The van der Waals surface area contributed by atoms with Gasteiger partial charge in [-0.2, -0.15) is 0 Å². The van der Waals surface area contributed by atoms with Gasteiger partial charge in [0.05, 0.1) is 12.4 Å². The van der Waals surface area contributed by atoms with Crippen molar-refractivity contribution in [3.05, 3.63) is 0 Å². The summed E-state index contributed by atoms with van der Waals surface area (Å²) in [6, 6.07) is 0.592. The van der Waals surface area contributed by atoms with Crippen molar-refractivity contribution < 1.29 is 9.53 Å². The molecular formula is C11H21NO2S. The molecule has 1 saturated carbocycles. The molecule has 0 spiro atoms. The quantitative estimate of drug-likeness (QED) is 0.645. The van der Waals surface area contributed by atoms with Crippen LogP contribution in [-0.2, 0) is 9.53 Å². The highest BCUT2D eigenvalue weighted by Crippen LogP contribution is 2.33. The van der Waals surface area contributed by atoms with Gasteiger partial charge in [0.2, 0.25) is 0 Å². The lowest BCUT2D eigenvalue weighted by Crippen LogP contribution is -2.33. The summed E-state index contributed by atoms with van der Waals surface area (Å²) in [5.74, 6) is 2.27. The van der Waals surface area contributed by atoms with Gasteiger partial charge in [0.1, 0.15) is 0 Å². The zero-order valence-corrected chi connectivity index (χ0v) is 10.4. The number of hydrogen-bond donors (Lipinski definition) is 1. The van der Waals surface area contributed by atoms with Gasteiger partial charge in [-0.3, -0.25) is 4.79 Å². The molecule has 0 amide bonds. The molecule has 1 aliphatic carbocycles.